The van der Waals surface area contributed by atoms with Gasteiger partial charge in [-0.3, -0.25) is 4.79 Å². The van der Waals surface area contributed by atoms with Gasteiger partial charge < -0.3 is 33.2 Å². The second kappa shape index (κ2) is 21.5. The minimum Gasteiger partial charge on any atom is -0.469 e. The van der Waals surface area contributed by atoms with Crippen LogP contribution in [-0.4, -0.2) is 56.5 Å². The van der Waals surface area contributed by atoms with Crippen LogP contribution in [0.15, 0.2) is 133 Å². The van der Waals surface area contributed by atoms with Gasteiger partial charge in [0.15, 0.2) is 6.29 Å². The molecule has 4 aromatic rings. The third-order valence-electron chi connectivity index (χ3n) is 20.7. The van der Waals surface area contributed by atoms with E-state index < -0.39 is 36.1 Å². The van der Waals surface area contributed by atoms with Crippen molar-refractivity contribution in [1.29, 1.82) is 0 Å². The normalized spacial score (nSPS) is 37.6. The molecule has 1 aliphatic heterocycles. The third kappa shape index (κ3) is 9.73. The van der Waals surface area contributed by atoms with E-state index >= 15 is 0 Å². The Hall–Kier alpha value is -4.15. The molecular weight excluding hydrogens is 909 g/mol. The summed E-state index contributed by atoms with van der Waals surface area (Å²) in [7, 11) is 1.61. The summed E-state index contributed by atoms with van der Waals surface area (Å²) < 4.78 is 48.5. The van der Waals surface area contributed by atoms with Gasteiger partial charge in [-0.25, -0.2) is 0 Å². The SMILES string of the molecule is COC(=O)[C@]12CC[C@@H](C)[C@H](C)[C@H]1C1=CC[C@@H]3[C@@]4(C)CC[C@H](O[C@H]5O[C@H](COCc6ccccc6)[C@@H](OCc6ccccc6)[C@H](OCc6ccccc6)[C@@H]5OCc5ccccc5)C(C)(C)[C@@H]4CC[C@@]3(C)[C@]1(C)CC2. The first-order valence-corrected chi connectivity index (χ1v) is 27.9. The summed E-state index contributed by atoms with van der Waals surface area (Å²) >= 11 is 0. The number of rotatable bonds is 16. The van der Waals surface area contributed by atoms with Gasteiger partial charge in [-0.1, -0.05) is 181 Å². The molecule has 8 heteroatoms. The lowest BCUT2D eigenvalue weighted by molar-refractivity contribution is -0.349. The number of benzene rings is 4. The van der Waals surface area contributed by atoms with E-state index in [1.54, 1.807) is 12.7 Å². The number of hydrogen-bond acceptors (Lipinski definition) is 8. The molecule has 392 valence electrons. The van der Waals surface area contributed by atoms with E-state index in [9.17, 15) is 4.79 Å². The molecule has 4 saturated carbocycles. The zero-order chi connectivity index (χ0) is 51.0. The van der Waals surface area contributed by atoms with Gasteiger partial charge in [-0.15, -0.1) is 0 Å². The summed E-state index contributed by atoms with van der Waals surface area (Å²) in [6.45, 7) is 19.5. The van der Waals surface area contributed by atoms with E-state index in [4.69, 9.17) is 33.2 Å². The first-order valence-electron chi connectivity index (χ1n) is 27.9. The van der Waals surface area contributed by atoms with E-state index in [0.717, 1.165) is 80.0 Å². The van der Waals surface area contributed by atoms with Crippen LogP contribution in [-0.2, 0) is 64.4 Å². The lowest BCUT2D eigenvalue weighted by Crippen LogP contribution is -2.66. The number of ether oxygens (including phenoxy) is 7. The van der Waals surface area contributed by atoms with Crippen LogP contribution in [0, 0.1) is 56.7 Å². The Morgan fingerprint density at radius 2 is 1.15 bits per heavy atom. The molecule has 10 rings (SSSR count). The van der Waals surface area contributed by atoms with E-state index in [-0.39, 0.29) is 46.3 Å². The quantitative estimate of drug-likeness (QED) is 0.0624. The fraction of sp³-hybridized carbons (Fsp3) is 0.585. The van der Waals surface area contributed by atoms with E-state index in [1.807, 2.05) is 48.5 Å². The first kappa shape index (κ1) is 52.3. The van der Waals surface area contributed by atoms with Crippen molar-refractivity contribution in [2.45, 2.75) is 169 Å². The van der Waals surface area contributed by atoms with Gasteiger partial charge in [0, 0.05) is 0 Å². The van der Waals surface area contributed by atoms with Gasteiger partial charge in [0.25, 0.3) is 0 Å². The Labute approximate surface area is 437 Å². The average Bonchev–Trinajstić information content (AvgIpc) is 3.40. The van der Waals surface area contributed by atoms with Crippen LogP contribution < -0.4 is 0 Å². The maximum absolute atomic E-state index is 14.0. The highest BCUT2D eigenvalue weighted by atomic mass is 16.7. The lowest BCUT2D eigenvalue weighted by Gasteiger charge is -2.71. The summed E-state index contributed by atoms with van der Waals surface area (Å²) in [6, 6.07) is 41.3. The molecule has 5 aliphatic carbocycles. The van der Waals surface area contributed by atoms with Gasteiger partial charge in [0.05, 0.1) is 51.7 Å². The van der Waals surface area contributed by atoms with Crippen LogP contribution in [0.2, 0.25) is 0 Å². The monoisotopic (exact) mass is 993 g/mol. The molecule has 6 aliphatic rings. The number of hydrogen-bond donors (Lipinski definition) is 0. The maximum Gasteiger partial charge on any atom is 0.312 e. The standard InChI is InChI=1S/C65H84O8/c1-44-31-36-65(60(66)67-8)38-37-63(6)50(55(65)45(44)2)29-30-53-62(5)34-33-54(61(3,4)52(62)32-35-64(53,63)7)73-59-58(71-42-49-27-19-12-20-28-49)57(70-41-48-25-17-11-18-26-48)56(69-40-47-23-15-10-16-24-47)51(72-59)43-68-39-46-21-13-9-14-22-46/h9-29,44-45,51-59H,30-43H2,1-8H3/t44-,45+,51-,52+,53-,54+,55+,56-,57+,58+,59-,62+,63-,64-,65+/m1/s1. The summed E-state index contributed by atoms with van der Waals surface area (Å²) in [4.78, 5) is 14.0. The van der Waals surface area contributed by atoms with Crippen LogP contribution in [0.25, 0.3) is 0 Å². The highest BCUT2D eigenvalue weighted by molar-refractivity contribution is 5.78. The molecule has 15 atom stereocenters. The largest absolute Gasteiger partial charge is 0.469 e. The Balaban J connectivity index is 0.963. The van der Waals surface area contributed by atoms with Crippen molar-refractivity contribution in [3.8, 4) is 0 Å². The molecule has 1 saturated heterocycles. The molecule has 0 radical (unpaired) electrons. The molecule has 1 heterocycles. The van der Waals surface area contributed by atoms with Crippen LogP contribution in [0.3, 0.4) is 0 Å². The molecule has 0 amide bonds. The molecule has 0 spiro atoms. The number of allylic oxidation sites excluding steroid dienone is 2. The molecular formula is C65H84O8. The lowest BCUT2D eigenvalue weighted by atomic mass is 9.33. The topological polar surface area (TPSA) is 81.7 Å². The Bertz CT molecular complexity index is 2480. The van der Waals surface area contributed by atoms with E-state index in [0.29, 0.717) is 50.1 Å². The van der Waals surface area contributed by atoms with Gasteiger partial charge >= 0.3 is 5.97 Å². The van der Waals surface area contributed by atoms with Crippen molar-refractivity contribution in [3.63, 3.8) is 0 Å². The first-order chi connectivity index (χ1) is 35.2. The second-order valence-corrected chi connectivity index (χ2v) is 24.6. The third-order valence-corrected chi connectivity index (χ3v) is 20.7. The van der Waals surface area contributed by atoms with Crippen molar-refractivity contribution in [1.82, 2.24) is 0 Å². The number of carbonyl (C=O) groups is 1. The molecule has 4 aromatic carbocycles. The number of fused-ring (bicyclic) bond motifs is 7. The van der Waals surface area contributed by atoms with E-state index in [2.05, 4.69) is 127 Å². The van der Waals surface area contributed by atoms with E-state index in [1.165, 1.54) is 0 Å². The predicted molar refractivity (Wildman–Crippen MR) is 286 cm³/mol. The van der Waals surface area contributed by atoms with Crippen LogP contribution in [0.1, 0.15) is 129 Å². The highest BCUT2D eigenvalue weighted by Gasteiger charge is 2.70. The number of esters is 1. The molecule has 5 fully saturated rings. The zero-order valence-electron chi connectivity index (χ0n) is 45.1. The highest BCUT2D eigenvalue weighted by Crippen LogP contribution is 2.76. The van der Waals surface area contributed by atoms with Crippen molar-refractivity contribution >= 4 is 5.97 Å². The predicted octanol–water partition coefficient (Wildman–Crippen LogP) is 13.9. The van der Waals surface area contributed by atoms with Gasteiger partial charge in [0.2, 0.25) is 0 Å². The number of carbonyl (C=O) groups excluding carboxylic acids is 1. The van der Waals surface area contributed by atoms with Gasteiger partial charge in [-0.2, -0.15) is 0 Å². The summed E-state index contributed by atoms with van der Waals surface area (Å²) in [5.41, 5.74) is 5.48. The van der Waals surface area contributed by atoms with Crippen LogP contribution >= 0.6 is 0 Å². The molecule has 0 unspecified atom stereocenters. The Morgan fingerprint density at radius 1 is 0.603 bits per heavy atom. The molecule has 0 N–H and O–H groups in total. The minimum atomic E-state index is -0.759. The fourth-order valence-electron chi connectivity index (χ4n) is 16.3. The van der Waals surface area contributed by atoms with Gasteiger partial charge in [0.1, 0.15) is 24.4 Å². The maximum atomic E-state index is 14.0. The van der Waals surface area contributed by atoms with Crippen LogP contribution in [0.5, 0.6) is 0 Å². The summed E-state index contributed by atoms with van der Waals surface area (Å²) in [5, 5.41) is 0. The van der Waals surface area contributed by atoms with Crippen molar-refractivity contribution in [3.05, 3.63) is 155 Å². The average molecular weight is 993 g/mol. The van der Waals surface area contributed by atoms with Crippen molar-refractivity contribution in [2.75, 3.05) is 13.7 Å². The second-order valence-electron chi connectivity index (χ2n) is 24.6. The molecule has 8 nitrogen and oxygen atoms in total. The fourth-order valence-corrected chi connectivity index (χ4v) is 16.3. The zero-order valence-corrected chi connectivity index (χ0v) is 45.1. The smallest absolute Gasteiger partial charge is 0.312 e. The molecule has 0 bridgehead atoms. The molecule has 0 aromatic heterocycles. The molecule has 73 heavy (non-hydrogen) atoms. The van der Waals surface area contributed by atoms with Crippen molar-refractivity contribution in [2.24, 2.45) is 56.7 Å². The number of methoxy groups -OCH3 is 1. The Kier molecular flexibility index (Phi) is 15.4. The Morgan fingerprint density at radius 3 is 1.73 bits per heavy atom. The van der Waals surface area contributed by atoms with Crippen LogP contribution in [0.4, 0.5) is 0 Å². The van der Waals surface area contributed by atoms with Gasteiger partial charge in [-0.05, 0) is 131 Å². The summed E-state index contributed by atoms with van der Waals surface area (Å²) in [5.74, 6) is 2.19. The summed E-state index contributed by atoms with van der Waals surface area (Å²) in [6.07, 6.45) is 8.87. The van der Waals surface area contributed by atoms with Crippen molar-refractivity contribution < 1.29 is 38.0 Å². The minimum absolute atomic E-state index is 0.0135.